The van der Waals surface area contributed by atoms with Gasteiger partial charge in [0.2, 0.25) is 5.91 Å². The fraction of sp³-hybridized carbons (Fsp3) is 0.357. The van der Waals surface area contributed by atoms with Crippen LogP contribution in [0.5, 0.6) is 0 Å². The van der Waals surface area contributed by atoms with E-state index in [2.05, 4.69) is 4.98 Å². The zero-order valence-corrected chi connectivity index (χ0v) is 11.0. The number of benzene rings is 1. The number of nitrogens with one attached hydrogen (secondary N) is 2. The zero-order valence-electron chi connectivity index (χ0n) is 11.0. The first-order chi connectivity index (χ1) is 9.90. The lowest BCUT2D eigenvalue weighted by Crippen LogP contribution is -2.41. The summed E-state index contributed by atoms with van der Waals surface area (Å²) < 4.78 is 49.2. The van der Waals surface area contributed by atoms with Gasteiger partial charge in [0.25, 0.3) is 0 Å². The van der Waals surface area contributed by atoms with Gasteiger partial charge in [0, 0.05) is 23.5 Å². The molecule has 0 aliphatic heterocycles. The van der Waals surface area contributed by atoms with E-state index in [0.717, 1.165) is 16.5 Å². The third-order valence-electron chi connectivity index (χ3n) is 3.14. The van der Waals surface area contributed by atoms with Crippen molar-refractivity contribution in [1.29, 1.82) is 0 Å². The fourth-order valence-electron chi connectivity index (χ4n) is 1.97. The lowest BCUT2D eigenvalue weighted by molar-refractivity contribution is -0.136. The third-order valence-corrected chi connectivity index (χ3v) is 3.14. The normalized spacial score (nSPS) is 12.0. The van der Waals surface area contributed by atoms with E-state index in [1.165, 1.54) is 0 Å². The second kappa shape index (κ2) is 6.15. The molecule has 0 radical (unpaired) electrons. The first kappa shape index (κ1) is 15.3. The van der Waals surface area contributed by atoms with Crippen LogP contribution in [0.25, 0.3) is 10.9 Å². The summed E-state index contributed by atoms with van der Waals surface area (Å²) in [5, 5.41) is 2.78. The highest BCUT2D eigenvalue weighted by Gasteiger charge is 2.40. The number of amides is 1. The summed E-state index contributed by atoms with van der Waals surface area (Å²) in [5.41, 5.74) is 1.79. The minimum absolute atomic E-state index is 0.0405. The summed E-state index contributed by atoms with van der Waals surface area (Å²) in [6.45, 7) is -1.35. The number of carbonyl (C=O) groups is 1. The topological polar surface area (TPSA) is 44.9 Å². The lowest BCUT2D eigenvalue weighted by atomic mass is 10.1. The average Bonchev–Trinajstić information content (AvgIpc) is 2.86. The van der Waals surface area contributed by atoms with E-state index in [4.69, 9.17) is 0 Å². The van der Waals surface area contributed by atoms with Crippen LogP contribution in [0, 0.1) is 0 Å². The molecule has 0 bridgehead atoms. The van der Waals surface area contributed by atoms with Crippen LogP contribution in [0.15, 0.2) is 30.5 Å². The number of rotatable bonds is 6. The van der Waals surface area contributed by atoms with Gasteiger partial charge in [0.15, 0.2) is 0 Å². The molecule has 2 rings (SSSR count). The second-order valence-corrected chi connectivity index (χ2v) is 4.70. The molecule has 7 heteroatoms. The summed E-state index contributed by atoms with van der Waals surface area (Å²) in [6, 6.07) is 7.47. The monoisotopic (exact) mass is 302 g/mol. The van der Waals surface area contributed by atoms with Gasteiger partial charge in [-0.05, 0) is 18.1 Å². The van der Waals surface area contributed by atoms with E-state index >= 15 is 0 Å². The summed E-state index contributed by atoms with van der Waals surface area (Å²) in [5.74, 6) is -4.88. The Morgan fingerprint density at radius 2 is 2.00 bits per heavy atom. The molecule has 0 atom stereocenters. The number of aromatic nitrogens is 1. The van der Waals surface area contributed by atoms with Gasteiger partial charge < -0.3 is 10.3 Å². The van der Waals surface area contributed by atoms with Crippen molar-refractivity contribution in [2.45, 2.75) is 25.2 Å². The number of hydrogen-bond acceptors (Lipinski definition) is 1. The van der Waals surface area contributed by atoms with Crippen LogP contribution >= 0.6 is 0 Å². The standard InChI is InChI=1S/C14H14F4N2O/c15-13(16)14(17,18)8-20-12(21)6-5-9-7-19-11-4-2-1-3-10(9)11/h1-4,7,13,19H,5-6,8H2,(H,20,21). The molecule has 2 aromatic rings. The van der Waals surface area contributed by atoms with Gasteiger partial charge in [-0.3, -0.25) is 4.79 Å². The van der Waals surface area contributed by atoms with E-state index in [1.54, 1.807) is 6.20 Å². The number of hydrogen-bond donors (Lipinski definition) is 2. The number of alkyl halides is 4. The summed E-state index contributed by atoms with van der Waals surface area (Å²) >= 11 is 0. The average molecular weight is 302 g/mol. The molecule has 0 saturated heterocycles. The molecular weight excluding hydrogens is 288 g/mol. The van der Waals surface area contributed by atoms with Crippen molar-refractivity contribution in [2.75, 3.05) is 6.54 Å². The maximum Gasteiger partial charge on any atom is 0.324 e. The van der Waals surface area contributed by atoms with Crippen molar-refractivity contribution >= 4 is 16.8 Å². The van der Waals surface area contributed by atoms with Crippen LogP contribution in [-0.2, 0) is 11.2 Å². The molecule has 0 fully saturated rings. The SMILES string of the molecule is O=C(CCc1c[nH]c2ccccc12)NCC(F)(F)C(F)F. The van der Waals surface area contributed by atoms with Crippen LogP contribution < -0.4 is 5.32 Å². The van der Waals surface area contributed by atoms with Gasteiger partial charge in [-0.2, -0.15) is 8.78 Å². The van der Waals surface area contributed by atoms with E-state index in [1.807, 2.05) is 29.6 Å². The smallest absolute Gasteiger partial charge is 0.324 e. The maximum absolute atomic E-state index is 12.7. The Hall–Kier alpha value is -2.05. The van der Waals surface area contributed by atoms with E-state index in [9.17, 15) is 22.4 Å². The molecule has 2 N–H and O–H groups in total. The first-order valence-electron chi connectivity index (χ1n) is 6.38. The van der Waals surface area contributed by atoms with Crippen molar-refractivity contribution in [3.63, 3.8) is 0 Å². The van der Waals surface area contributed by atoms with E-state index in [0.29, 0.717) is 6.42 Å². The molecule has 1 aromatic heterocycles. The molecule has 0 saturated carbocycles. The Labute approximate surface area is 118 Å². The van der Waals surface area contributed by atoms with Gasteiger partial charge in [-0.1, -0.05) is 18.2 Å². The molecule has 114 valence electrons. The van der Waals surface area contributed by atoms with Crippen LogP contribution in [0.1, 0.15) is 12.0 Å². The van der Waals surface area contributed by atoms with E-state index in [-0.39, 0.29) is 6.42 Å². The van der Waals surface area contributed by atoms with Crippen LogP contribution in [-0.4, -0.2) is 29.8 Å². The van der Waals surface area contributed by atoms with Crippen molar-refractivity contribution in [3.05, 3.63) is 36.0 Å². The van der Waals surface area contributed by atoms with Gasteiger partial charge in [-0.25, -0.2) is 8.78 Å². The Morgan fingerprint density at radius 3 is 2.71 bits per heavy atom. The molecule has 0 spiro atoms. The number of fused-ring (bicyclic) bond motifs is 1. The number of para-hydroxylation sites is 1. The van der Waals surface area contributed by atoms with E-state index < -0.39 is 24.8 Å². The number of aryl methyl sites for hydroxylation is 1. The van der Waals surface area contributed by atoms with Crippen molar-refractivity contribution < 1.29 is 22.4 Å². The molecule has 0 unspecified atom stereocenters. The Kier molecular flexibility index (Phi) is 4.50. The summed E-state index contributed by atoms with van der Waals surface area (Å²) in [6.07, 6.45) is -1.74. The summed E-state index contributed by atoms with van der Waals surface area (Å²) in [4.78, 5) is 14.5. The van der Waals surface area contributed by atoms with Gasteiger partial charge in [0.05, 0.1) is 6.54 Å². The molecule has 0 aliphatic rings. The minimum Gasteiger partial charge on any atom is -0.361 e. The zero-order chi connectivity index (χ0) is 15.5. The Bertz CT molecular complexity index is 624. The number of carbonyl (C=O) groups excluding carboxylic acids is 1. The molecular formula is C14H14F4N2O. The fourth-order valence-corrected chi connectivity index (χ4v) is 1.97. The predicted octanol–water partition coefficient (Wildman–Crippen LogP) is 3.12. The maximum atomic E-state index is 12.7. The van der Waals surface area contributed by atoms with Crippen molar-refractivity contribution in [3.8, 4) is 0 Å². The molecule has 1 aromatic carbocycles. The van der Waals surface area contributed by atoms with Crippen LogP contribution in [0.4, 0.5) is 17.6 Å². The van der Waals surface area contributed by atoms with Gasteiger partial charge >= 0.3 is 12.3 Å². The van der Waals surface area contributed by atoms with Gasteiger partial charge in [-0.15, -0.1) is 0 Å². The second-order valence-electron chi connectivity index (χ2n) is 4.70. The van der Waals surface area contributed by atoms with Crippen molar-refractivity contribution in [2.24, 2.45) is 0 Å². The number of halogens is 4. The highest BCUT2D eigenvalue weighted by Crippen LogP contribution is 2.22. The first-order valence-corrected chi connectivity index (χ1v) is 6.38. The largest absolute Gasteiger partial charge is 0.361 e. The highest BCUT2D eigenvalue weighted by atomic mass is 19.3. The highest BCUT2D eigenvalue weighted by molar-refractivity contribution is 5.84. The number of H-pyrrole nitrogens is 1. The Balaban J connectivity index is 1.87. The quantitative estimate of drug-likeness (QED) is 0.791. The summed E-state index contributed by atoms with van der Waals surface area (Å²) in [7, 11) is 0. The van der Waals surface area contributed by atoms with Crippen molar-refractivity contribution in [1.82, 2.24) is 10.3 Å². The third kappa shape index (κ3) is 3.74. The number of aromatic amines is 1. The molecule has 1 amide bonds. The predicted molar refractivity (Wildman–Crippen MR) is 70.6 cm³/mol. The molecule has 1 heterocycles. The lowest BCUT2D eigenvalue weighted by Gasteiger charge is -2.15. The molecule has 21 heavy (non-hydrogen) atoms. The van der Waals surface area contributed by atoms with Crippen LogP contribution in [0.3, 0.4) is 0 Å². The minimum atomic E-state index is -4.20. The molecule has 0 aliphatic carbocycles. The van der Waals surface area contributed by atoms with Gasteiger partial charge in [0.1, 0.15) is 0 Å². The molecule has 3 nitrogen and oxygen atoms in total. The van der Waals surface area contributed by atoms with Crippen LogP contribution in [0.2, 0.25) is 0 Å². The Morgan fingerprint density at radius 1 is 1.29 bits per heavy atom.